The van der Waals surface area contributed by atoms with Crippen molar-refractivity contribution in [2.75, 3.05) is 0 Å². The zero-order chi connectivity index (χ0) is 47.1. The molecule has 7 aromatic carbocycles. The maximum atomic E-state index is 8.64. The van der Waals surface area contributed by atoms with Gasteiger partial charge in [-0.05, 0) is 86.5 Å². The summed E-state index contributed by atoms with van der Waals surface area (Å²) in [6.45, 7) is 15.4. The number of imidazole rings is 1. The molecular weight excluding hydrogens is 952 g/mol. The predicted molar refractivity (Wildman–Crippen MR) is 253 cm³/mol. The third-order valence-corrected chi connectivity index (χ3v) is 11.5. The van der Waals surface area contributed by atoms with E-state index in [4.69, 9.17) is 16.6 Å². The van der Waals surface area contributed by atoms with E-state index in [1.54, 1.807) is 6.20 Å². The van der Waals surface area contributed by atoms with Gasteiger partial charge in [0.15, 0.2) is 0 Å². The first-order valence-electron chi connectivity index (χ1n) is 23.4. The maximum absolute atomic E-state index is 8.64. The summed E-state index contributed by atoms with van der Waals surface area (Å²) in [5.74, 6) is 1.56. The molecule has 0 atom stereocenters. The number of ether oxygens (including phenoxy) is 1. The summed E-state index contributed by atoms with van der Waals surface area (Å²) in [6, 6.07) is 48.8. The number of rotatable bonds is 7. The van der Waals surface area contributed by atoms with Crippen LogP contribution in [0.25, 0.3) is 72.3 Å². The Kier molecular flexibility index (Phi) is 9.31. The average Bonchev–Trinajstić information content (AvgIpc) is 3.86. The molecule has 0 saturated carbocycles. The Balaban J connectivity index is 0.00000578. The number of hydrogen-bond donors (Lipinski definition) is 0. The molecule has 0 aliphatic heterocycles. The molecule has 0 saturated heterocycles. The van der Waals surface area contributed by atoms with Gasteiger partial charge in [0.25, 0.3) is 6.33 Å². The average molecular weight is 1010 g/mol. The molecule has 0 amide bonds. The molecule has 0 aliphatic carbocycles. The monoisotopic (exact) mass is 1000 g/mol. The van der Waals surface area contributed by atoms with E-state index in [2.05, 4.69) is 131 Å². The number of para-hydroxylation sites is 2. The number of benzene rings is 7. The van der Waals surface area contributed by atoms with Crippen LogP contribution in [0.5, 0.6) is 11.5 Å². The molecule has 3 aromatic heterocycles. The molecule has 314 valence electrons. The Bertz CT molecular complexity index is 3540. The fourth-order valence-corrected chi connectivity index (χ4v) is 8.12. The first kappa shape index (κ1) is 36.0. The first-order valence-corrected chi connectivity index (χ1v) is 20.9. The van der Waals surface area contributed by atoms with Gasteiger partial charge in [0, 0.05) is 49.8 Å². The number of aryl methyl sites for hydroxylation is 1. The van der Waals surface area contributed by atoms with Crippen molar-refractivity contribution in [2.24, 2.45) is 0 Å². The summed E-state index contributed by atoms with van der Waals surface area (Å²) < 4.78 is 54.8. The Morgan fingerprint density at radius 2 is 1.35 bits per heavy atom. The second kappa shape index (κ2) is 16.3. The molecule has 0 N–H and O–H groups in total. The van der Waals surface area contributed by atoms with E-state index in [0.717, 1.165) is 55.3 Å². The minimum absolute atomic E-state index is 0. The van der Waals surface area contributed by atoms with Crippen molar-refractivity contribution >= 4 is 32.8 Å². The molecule has 0 bridgehead atoms. The van der Waals surface area contributed by atoms with Gasteiger partial charge in [-0.25, -0.2) is 4.98 Å². The molecule has 0 unspecified atom stereocenters. The second-order valence-electron chi connectivity index (χ2n) is 17.9. The van der Waals surface area contributed by atoms with Crippen molar-refractivity contribution in [1.82, 2.24) is 14.1 Å². The number of hydrogen-bond acceptors (Lipinski definition) is 2. The van der Waals surface area contributed by atoms with Gasteiger partial charge in [-0.2, -0.15) is 18.2 Å². The predicted octanol–water partition coefficient (Wildman–Crippen LogP) is 13.8. The Morgan fingerprint density at radius 3 is 2.08 bits per heavy atom. The SMILES string of the molecule is [2H]c1c([2H])c([2H])c(-c2cnc(-n3c4[c-]c(Oc5[c-]c(-n6[c-][n+](-c7cc(C(C)(C)C)cc(C(C)(C)C)c7)c7ccccc76)ccc5)ccc4c4cc(-c5ccccc5)ccc43)cc2C)c([2H])c1[2H].[Pt]. The van der Waals surface area contributed by atoms with Gasteiger partial charge in [-0.3, -0.25) is 4.57 Å². The van der Waals surface area contributed by atoms with Crippen molar-refractivity contribution in [3.8, 4) is 50.9 Å². The Morgan fingerprint density at radius 1 is 0.635 bits per heavy atom. The van der Waals surface area contributed by atoms with E-state index in [1.165, 1.54) is 11.1 Å². The van der Waals surface area contributed by atoms with Crippen LogP contribution in [0.4, 0.5) is 0 Å². The summed E-state index contributed by atoms with van der Waals surface area (Å²) in [6.07, 6.45) is 5.25. The fourth-order valence-electron chi connectivity index (χ4n) is 8.12. The molecule has 63 heavy (non-hydrogen) atoms. The number of nitrogens with zero attached hydrogens (tertiary/aromatic N) is 4. The largest absolute Gasteiger partial charge is 0.510 e. The molecule has 10 rings (SSSR count). The van der Waals surface area contributed by atoms with Gasteiger partial charge in [0.05, 0.1) is 23.6 Å². The van der Waals surface area contributed by atoms with Crippen molar-refractivity contribution < 1.29 is 37.2 Å². The smallest absolute Gasteiger partial charge is 0.268 e. The minimum atomic E-state index is -0.434. The van der Waals surface area contributed by atoms with Gasteiger partial charge >= 0.3 is 0 Å². The third kappa shape index (κ3) is 7.92. The van der Waals surface area contributed by atoms with Crippen molar-refractivity contribution in [2.45, 2.75) is 59.3 Å². The normalized spacial score (nSPS) is 13.0. The quantitative estimate of drug-likeness (QED) is 0.118. The minimum Gasteiger partial charge on any atom is -0.510 e. The van der Waals surface area contributed by atoms with E-state index < -0.39 is 6.04 Å². The van der Waals surface area contributed by atoms with Gasteiger partial charge in [0.2, 0.25) is 0 Å². The van der Waals surface area contributed by atoms with Crippen LogP contribution in [0, 0.1) is 25.4 Å². The molecule has 10 aromatic rings. The van der Waals surface area contributed by atoms with Crippen LogP contribution in [-0.2, 0) is 31.9 Å². The van der Waals surface area contributed by atoms with Gasteiger partial charge in [0.1, 0.15) is 5.82 Å². The molecule has 3 heterocycles. The van der Waals surface area contributed by atoms with Crippen molar-refractivity contribution in [3.63, 3.8) is 0 Å². The van der Waals surface area contributed by atoms with E-state index in [1.807, 2.05) is 76.7 Å². The number of aromatic nitrogens is 4. The fraction of sp³-hybridized carbons (Fsp3) is 0.158. The standard InChI is InChI=1S/C57H48N4O.Pt/c1-38-29-55(58-36-50(38)40-19-12-9-13-20-40)61-51-28-25-41(39-17-10-8-11-18-39)30-49(51)48-27-26-47(35-54(48)61)62-46-22-16-21-44(34-46)59-37-60(53-24-15-14-23-52(53)59)45-32-42(56(2,3)4)31-43(33-45)57(5,6)7;/h8-33,36H,1-7H3;/q-2;/i9D,12D,13D,19D,20D;. The molecule has 0 fully saturated rings. The first-order chi connectivity index (χ1) is 32.0. The van der Waals surface area contributed by atoms with Crippen molar-refractivity contribution in [1.29, 1.82) is 0 Å². The van der Waals surface area contributed by atoms with E-state index in [0.29, 0.717) is 28.4 Å². The topological polar surface area (TPSA) is 35.9 Å². The van der Waals surface area contributed by atoms with Crippen LogP contribution in [0.2, 0.25) is 0 Å². The summed E-state index contributed by atoms with van der Waals surface area (Å²) >= 11 is 0. The molecule has 0 radical (unpaired) electrons. The molecule has 0 spiro atoms. The van der Waals surface area contributed by atoms with Crippen LogP contribution in [0.3, 0.4) is 0 Å². The van der Waals surface area contributed by atoms with E-state index in [9.17, 15) is 0 Å². The zero-order valence-electron chi connectivity index (χ0n) is 41.2. The summed E-state index contributed by atoms with van der Waals surface area (Å²) in [7, 11) is 0. The maximum Gasteiger partial charge on any atom is 0.268 e. The Hall–Kier alpha value is -6.55. The summed E-state index contributed by atoms with van der Waals surface area (Å²) in [5.41, 5.74) is 11.3. The second-order valence-corrected chi connectivity index (χ2v) is 17.9. The summed E-state index contributed by atoms with van der Waals surface area (Å²) in [4.78, 5) is 4.90. The number of fused-ring (bicyclic) bond motifs is 4. The van der Waals surface area contributed by atoms with Crippen molar-refractivity contribution in [3.05, 3.63) is 199 Å². The molecule has 0 aliphatic rings. The zero-order valence-corrected chi connectivity index (χ0v) is 38.5. The van der Waals surface area contributed by atoms with Crippen LogP contribution < -0.4 is 9.30 Å². The van der Waals surface area contributed by atoms with Gasteiger partial charge < -0.3 is 13.9 Å². The van der Waals surface area contributed by atoms with Gasteiger partial charge in [-0.1, -0.05) is 150 Å². The van der Waals surface area contributed by atoms with Crippen LogP contribution in [0.1, 0.15) is 65.1 Å². The van der Waals surface area contributed by atoms with Crippen LogP contribution in [0.15, 0.2) is 164 Å². The Labute approximate surface area is 391 Å². The third-order valence-electron chi connectivity index (χ3n) is 11.5. The molecular formula is C57H48N4OPt-2. The summed E-state index contributed by atoms with van der Waals surface area (Å²) in [5, 5.41) is 1.93. The van der Waals surface area contributed by atoms with E-state index >= 15 is 0 Å². The molecule has 5 nitrogen and oxygen atoms in total. The van der Waals surface area contributed by atoms with Gasteiger partial charge in [-0.15, -0.1) is 29.7 Å². The van der Waals surface area contributed by atoms with Crippen LogP contribution in [-0.4, -0.2) is 14.1 Å². The number of pyridine rings is 1. The van der Waals surface area contributed by atoms with Crippen LogP contribution >= 0.6 is 0 Å². The van der Waals surface area contributed by atoms with E-state index in [-0.39, 0.29) is 61.6 Å². The molecule has 6 heteroatoms.